The lowest BCUT2D eigenvalue weighted by Crippen LogP contribution is -2.37. The third kappa shape index (κ3) is 3.69. The lowest BCUT2D eigenvalue weighted by Gasteiger charge is -2.37. The second-order valence-corrected chi connectivity index (χ2v) is 7.60. The van der Waals surface area contributed by atoms with E-state index in [9.17, 15) is 4.79 Å². The molecule has 1 atom stereocenters. The van der Waals surface area contributed by atoms with E-state index in [4.69, 9.17) is 16.3 Å². The first kappa shape index (κ1) is 17.9. The minimum absolute atomic E-state index is 0.0579. The Labute approximate surface area is 153 Å². The Balaban J connectivity index is 1.88. The highest BCUT2D eigenvalue weighted by Crippen LogP contribution is 2.44. The smallest absolute Gasteiger partial charge is 0.174 e. The van der Waals surface area contributed by atoms with Gasteiger partial charge < -0.3 is 4.74 Å². The van der Waals surface area contributed by atoms with Crippen molar-refractivity contribution in [2.45, 2.75) is 46.0 Å². The van der Waals surface area contributed by atoms with Crippen LogP contribution in [-0.2, 0) is 6.42 Å². The van der Waals surface area contributed by atoms with Crippen LogP contribution in [0, 0.1) is 5.41 Å². The third-order valence-electron chi connectivity index (χ3n) is 4.69. The highest BCUT2D eigenvalue weighted by Gasteiger charge is 2.43. The molecule has 3 rings (SSSR count). The molecule has 1 aliphatic rings. The van der Waals surface area contributed by atoms with Crippen molar-refractivity contribution >= 4 is 17.4 Å². The number of unbranched alkanes of at least 4 members (excludes halogenated alkanes) is 1. The Bertz CT molecular complexity index is 772. The number of halogens is 1. The minimum Gasteiger partial charge on any atom is -0.492 e. The predicted octanol–water partition coefficient (Wildman–Crippen LogP) is 4.86. The molecule has 0 saturated heterocycles. The van der Waals surface area contributed by atoms with Gasteiger partial charge in [0.2, 0.25) is 0 Å². The van der Waals surface area contributed by atoms with E-state index < -0.39 is 0 Å². The number of carbonyl (C=O) groups excluding carboxylic acids is 1. The molecule has 0 amide bonds. The van der Waals surface area contributed by atoms with E-state index in [0.29, 0.717) is 23.7 Å². The van der Waals surface area contributed by atoms with Crippen molar-refractivity contribution in [2.24, 2.45) is 5.41 Å². The fraction of sp³-hybridized carbons (Fsp3) is 0.450. The van der Waals surface area contributed by atoms with Gasteiger partial charge in [0.05, 0.1) is 30.1 Å². The zero-order chi connectivity index (χ0) is 18.0. The van der Waals surface area contributed by atoms with E-state index in [1.807, 2.05) is 12.1 Å². The van der Waals surface area contributed by atoms with E-state index in [1.54, 1.807) is 18.3 Å². The number of aromatic nitrogens is 2. The molecule has 2 aromatic heterocycles. The number of ether oxygens (including phenoxy) is 1. The molecule has 4 nitrogen and oxygen atoms in total. The molecule has 0 radical (unpaired) electrons. The average molecular weight is 359 g/mol. The zero-order valence-corrected chi connectivity index (χ0v) is 15.6. The topological polar surface area (TPSA) is 52.1 Å². The number of ketones is 1. The molecule has 1 unspecified atom stereocenters. The van der Waals surface area contributed by atoms with Gasteiger partial charge in [-0.2, -0.15) is 0 Å². The first-order valence-electron chi connectivity index (χ1n) is 8.71. The van der Waals surface area contributed by atoms with Crippen LogP contribution in [-0.4, -0.2) is 22.4 Å². The van der Waals surface area contributed by atoms with Gasteiger partial charge in [0.1, 0.15) is 10.9 Å². The highest BCUT2D eigenvalue weighted by atomic mass is 35.5. The van der Waals surface area contributed by atoms with Crippen LogP contribution in [0.25, 0.3) is 0 Å². The van der Waals surface area contributed by atoms with Crippen LogP contribution >= 0.6 is 11.6 Å². The Morgan fingerprint density at radius 2 is 2.08 bits per heavy atom. The van der Waals surface area contributed by atoms with Crippen molar-refractivity contribution in [2.75, 3.05) is 6.61 Å². The van der Waals surface area contributed by atoms with E-state index in [0.717, 1.165) is 30.0 Å². The summed E-state index contributed by atoms with van der Waals surface area (Å²) in [5.74, 6) is 0.502. The van der Waals surface area contributed by atoms with E-state index >= 15 is 0 Å². The van der Waals surface area contributed by atoms with Gasteiger partial charge in [0.15, 0.2) is 5.78 Å². The van der Waals surface area contributed by atoms with Gasteiger partial charge in [-0.3, -0.25) is 9.78 Å². The summed E-state index contributed by atoms with van der Waals surface area (Å²) in [5.41, 5.74) is 1.93. The SMILES string of the molecule is CCCCOc1ccc(C2C(=O)c3ccc(Cl)nc3CC2(C)C)nc1. The molecule has 5 heteroatoms. The van der Waals surface area contributed by atoms with Gasteiger partial charge in [-0.1, -0.05) is 38.8 Å². The fourth-order valence-electron chi connectivity index (χ4n) is 3.39. The molecule has 0 spiro atoms. The maximum absolute atomic E-state index is 13.1. The van der Waals surface area contributed by atoms with Crippen LogP contribution in [0.15, 0.2) is 30.5 Å². The Morgan fingerprint density at radius 3 is 2.76 bits per heavy atom. The maximum atomic E-state index is 13.1. The highest BCUT2D eigenvalue weighted by molar-refractivity contribution is 6.29. The Kier molecular flexibility index (Phi) is 5.09. The number of rotatable bonds is 5. The van der Waals surface area contributed by atoms with E-state index in [-0.39, 0.29) is 17.1 Å². The largest absolute Gasteiger partial charge is 0.492 e. The van der Waals surface area contributed by atoms with Crippen molar-refractivity contribution in [3.63, 3.8) is 0 Å². The molecule has 0 aromatic carbocycles. The van der Waals surface area contributed by atoms with Gasteiger partial charge in [-0.25, -0.2) is 4.98 Å². The number of hydrogen-bond donors (Lipinski definition) is 0. The molecule has 2 heterocycles. The maximum Gasteiger partial charge on any atom is 0.174 e. The van der Waals surface area contributed by atoms with Crippen LogP contribution in [0.3, 0.4) is 0 Å². The third-order valence-corrected chi connectivity index (χ3v) is 4.90. The summed E-state index contributed by atoms with van der Waals surface area (Å²) in [4.78, 5) is 22.0. The van der Waals surface area contributed by atoms with Gasteiger partial charge in [-0.05, 0) is 42.5 Å². The molecule has 0 aliphatic heterocycles. The molecular weight excluding hydrogens is 336 g/mol. The summed E-state index contributed by atoms with van der Waals surface area (Å²) in [6.07, 6.45) is 4.51. The molecule has 0 N–H and O–H groups in total. The molecule has 0 saturated carbocycles. The molecule has 132 valence electrons. The van der Waals surface area contributed by atoms with Crippen molar-refractivity contribution in [1.29, 1.82) is 0 Å². The standard InChI is InChI=1S/C20H23ClN2O2/c1-4-5-10-25-13-6-8-15(22-12-13)18-19(24)14-7-9-17(21)23-16(14)11-20(18,2)3/h6-9,12,18H,4-5,10-11H2,1-3H3. The number of nitrogens with zero attached hydrogens (tertiary/aromatic N) is 2. The minimum atomic E-state index is -0.298. The summed E-state index contributed by atoms with van der Waals surface area (Å²) in [5, 5.41) is 0.424. The fourth-order valence-corrected chi connectivity index (χ4v) is 3.56. The quantitative estimate of drug-likeness (QED) is 0.566. The number of hydrogen-bond acceptors (Lipinski definition) is 4. The van der Waals surface area contributed by atoms with Crippen LogP contribution < -0.4 is 4.74 Å². The molecule has 1 aliphatic carbocycles. The summed E-state index contributed by atoms with van der Waals surface area (Å²) in [7, 11) is 0. The molecule has 25 heavy (non-hydrogen) atoms. The van der Waals surface area contributed by atoms with Gasteiger partial charge in [0, 0.05) is 5.56 Å². The number of pyridine rings is 2. The molecular formula is C20H23ClN2O2. The number of fused-ring (bicyclic) bond motifs is 1. The summed E-state index contributed by atoms with van der Waals surface area (Å²) < 4.78 is 5.66. The zero-order valence-electron chi connectivity index (χ0n) is 14.9. The Hall–Kier alpha value is -1.94. The van der Waals surface area contributed by atoms with Crippen LogP contribution in [0.1, 0.15) is 61.3 Å². The molecule has 0 bridgehead atoms. The van der Waals surface area contributed by atoms with E-state index in [1.165, 1.54) is 0 Å². The lowest BCUT2D eigenvalue weighted by atomic mass is 9.66. The summed E-state index contributed by atoms with van der Waals surface area (Å²) in [6.45, 7) is 6.97. The van der Waals surface area contributed by atoms with E-state index in [2.05, 4.69) is 30.7 Å². The van der Waals surface area contributed by atoms with Crippen molar-refractivity contribution < 1.29 is 9.53 Å². The second kappa shape index (κ2) is 7.12. The van der Waals surface area contributed by atoms with Gasteiger partial charge >= 0.3 is 0 Å². The monoisotopic (exact) mass is 358 g/mol. The van der Waals surface area contributed by atoms with Crippen LogP contribution in [0.2, 0.25) is 5.15 Å². The lowest BCUT2D eigenvalue weighted by molar-refractivity contribution is 0.0854. The van der Waals surface area contributed by atoms with Crippen molar-refractivity contribution in [1.82, 2.24) is 9.97 Å². The summed E-state index contributed by atoms with van der Waals surface area (Å²) >= 11 is 5.99. The Morgan fingerprint density at radius 1 is 1.28 bits per heavy atom. The predicted molar refractivity (Wildman–Crippen MR) is 98.4 cm³/mol. The van der Waals surface area contributed by atoms with Crippen LogP contribution in [0.4, 0.5) is 0 Å². The second-order valence-electron chi connectivity index (χ2n) is 7.21. The normalized spacial score (nSPS) is 18.7. The first-order valence-corrected chi connectivity index (χ1v) is 9.08. The van der Waals surface area contributed by atoms with Gasteiger partial charge in [0.25, 0.3) is 0 Å². The number of carbonyl (C=O) groups is 1. The first-order chi connectivity index (χ1) is 11.9. The number of Topliss-reactive ketones (excluding diaryl/α,β-unsaturated/α-hetero) is 1. The summed E-state index contributed by atoms with van der Waals surface area (Å²) in [6, 6.07) is 7.25. The van der Waals surface area contributed by atoms with Crippen LogP contribution in [0.5, 0.6) is 5.75 Å². The van der Waals surface area contributed by atoms with Gasteiger partial charge in [-0.15, -0.1) is 0 Å². The van der Waals surface area contributed by atoms with Crippen molar-refractivity contribution in [3.8, 4) is 5.75 Å². The molecule has 2 aromatic rings. The average Bonchev–Trinajstić information content (AvgIpc) is 2.55. The molecule has 0 fully saturated rings. The van der Waals surface area contributed by atoms with Crippen molar-refractivity contribution in [3.05, 3.63) is 52.6 Å².